The fourth-order valence-electron chi connectivity index (χ4n) is 2.37. The molecule has 1 atom stereocenters. The van der Waals surface area contributed by atoms with Gasteiger partial charge < -0.3 is 10.1 Å². The molecule has 6 heteroatoms. The maximum Gasteiger partial charge on any atom is 0.415 e. The van der Waals surface area contributed by atoms with Gasteiger partial charge in [0.2, 0.25) is 5.95 Å². The molecule has 1 aliphatic heterocycles. The zero-order valence-electron chi connectivity index (χ0n) is 12.6. The minimum atomic E-state index is -0.361. The van der Waals surface area contributed by atoms with E-state index in [-0.39, 0.29) is 12.1 Å². The Balaban J connectivity index is 1.82. The molecule has 0 spiro atoms. The Hall–Kier alpha value is -2.63. The average Bonchev–Trinajstić information content (AvgIpc) is 2.94. The van der Waals surface area contributed by atoms with Gasteiger partial charge >= 0.3 is 6.09 Å². The third-order valence-corrected chi connectivity index (χ3v) is 3.52. The number of nitrogens with zero attached hydrogens (tertiary/aromatic N) is 3. The maximum absolute atomic E-state index is 11.7. The standard InChI is InChI=1S/C16H18N4O2/c1-11-10-14(20-8-9-22-16(20)21)19-15(17-11)18-12(2)13-6-4-3-5-7-13/h3-7,10,12H,8-9H2,1-2H3,(H,17,18,19)/t12-/m0/s1. The summed E-state index contributed by atoms with van der Waals surface area (Å²) in [6, 6.07) is 11.9. The molecule has 114 valence electrons. The van der Waals surface area contributed by atoms with Crippen LogP contribution >= 0.6 is 0 Å². The molecular weight excluding hydrogens is 280 g/mol. The second-order valence-corrected chi connectivity index (χ2v) is 5.23. The van der Waals surface area contributed by atoms with Gasteiger partial charge in [0.15, 0.2) is 0 Å². The fraction of sp³-hybridized carbons (Fsp3) is 0.312. The molecule has 2 aromatic rings. The van der Waals surface area contributed by atoms with Crippen LogP contribution in [0.2, 0.25) is 0 Å². The number of carbonyl (C=O) groups is 1. The van der Waals surface area contributed by atoms with E-state index in [0.29, 0.717) is 24.9 Å². The van der Waals surface area contributed by atoms with Crippen LogP contribution in [0.4, 0.5) is 16.6 Å². The molecule has 1 amide bonds. The van der Waals surface area contributed by atoms with Gasteiger partial charge in [-0.3, -0.25) is 4.90 Å². The Morgan fingerprint density at radius 1 is 1.27 bits per heavy atom. The van der Waals surface area contributed by atoms with E-state index < -0.39 is 0 Å². The average molecular weight is 298 g/mol. The first-order valence-electron chi connectivity index (χ1n) is 7.25. The SMILES string of the molecule is Cc1cc(N2CCOC2=O)nc(N[C@@H](C)c2ccccc2)n1. The number of aromatic nitrogens is 2. The number of cyclic esters (lactones) is 1. The normalized spacial score (nSPS) is 15.5. The highest BCUT2D eigenvalue weighted by Crippen LogP contribution is 2.21. The molecule has 1 fully saturated rings. The fourth-order valence-corrected chi connectivity index (χ4v) is 2.37. The predicted molar refractivity (Wildman–Crippen MR) is 83.9 cm³/mol. The number of amides is 1. The van der Waals surface area contributed by atoms with Crippen LogP contribution in [0, 0.1) is 6.92 Å². The summed E-state index contributed by atoms with van der Waals surface area (Å²) in [6.07, 6.45) is -0.361. The molecule has 0 aliphatic carbocycles. The van der Waals surface area contributed by atoms with E-state index in [0.717, 1.165) is 11.3 Å². The lowest BCUT2D eigenvalue weighted by Gasteiger charge is -2.17. The summed E-state index contributed by atoms with van der Waals surface area (Å²) in [5.41, 5.74) is 1.95. The van der Waals surface area contributed by atoms with Gasteiger partial charge in [0.05, 0.1) is 12.6 Å². The zero-order valence-corrected chi connectivity index (χ0v) is 12.6. The number of benzene rings is 1. The van der Waals surface area contributed by atoms with Crippen molar-refractivity contribution in [2.75, 3.05) is 23.4 Å². The largest absolute Gasteiger partial charge is 0.447 e. The molecule has 0 unspecified atom stereocenters. The van der Waals surface area contributed by atoms with Crippen LogP contribution in [-0.2, 0) is 4.74 Å². The number of nitrogens with one attached hydrogen (secondary N) is 1. The van der Waals surface area contributed by atoms with Crippen molar-refractivity contribution in [1.82, 2.24) is 9.97 Å². The minimum absolute atomic E-state index is 0.0707. The molecule has 1 aliphatic rings. The Bertz CT molecular complexity index is 675. The highest BCUT2D eigenvalue weighted by Gasteiger charge is 2.25. The molecule has 0 bridgehead atoms. The predicted octanol–water partition coefficient (Wildman–Crippen LogP) is 2.91. The van der Waals surface area contributed by atoms with E-state index in [1.54, 1.807) is 6.07 Å². The van der Waals surface area contributed by atoms with Crippen LogP contribution in [0.15, 0.2) is 36.4 Å². The summed E-state index contributed by atoms with van der Waals surface area (Å²) < 4.78 is 4.96. The highest BCUT2D eigenvalue weighted by atomic mass is 16.6. The van der Waals surface area contributed by atoms with Crippen LogP contribution < -0.4 is 10.2 Å². The van der Waals surface area contributed by atoms with E-state index in [2.05, 4.69) is 15.3 Å². The Morgan fingerprint density at radius 2 is 2.05 bits per heavy atom. The Morgan fingerprint density at radius 3 is 2.73 bits per heavy atom. The van der Waals surface area contributed by atoms with Crippen LogP contribution in [0.1, 0.15) is 24.2 Å². The smallest absolute Gasteiger partial charge is 0.415 e. The van der Waals surface area contributed by atoms with Gasteiger partial charge in [0.25, 0.3) is 0 Å². The monoisotopic (exact) mass is 298 g/mol. The zero-order chi connectivity index (χ0) is 15.5. The van der Waals surface area contributed by atoms with Crippen LogP contribution in [0.25, 0.3) is 0 Å². The van der Waals surface area contributed by atoms with E-state index >= 15 is 0 Å². The molecule has 0 saturated carbocycles. The van der Waals surface area contributed by atoms with E-state index in [1.165, 1.54) is 4.90 Å². The molecule has 2 heterocycles. The van der Waals surface area contributed by atoms with E-state index in [1.807, 2.05) is 44.2 Å². The van der Waals surface area contributed by atoms with E-state index in [4.69, 9.17) is 4.74 Å². The third kappa shape index (κ3) is 3.00. The summed E-state index contributed by atoms with van der Waals surface area (Å²) in [7, 11) is 0. The Labute approximate surface area is 129 Å². The molecule has 1 aromatic heterocycles. The van der Waals surface area contributed by atoms with Crippen molar-refractivity contribution >= 4 is 17.9 Å². The molecule has 1 saturated heterocycles. The first-order chi connectivity index (χ1) is 10.6. The van der Waals surface area contributed by atoms with Crippen molar-refractivity contribution < 1.29 is 9.53 Å². The molecular formula is C16H18N4O2. The van der Waals surface area contributed by atoms with Gasteiger partial charge in [-0.05, 0) is 19.4 Å². The second kappa shape index (κ2) is 6.01. The number of rotatable bonds is 4. The minimum Gasteiger partial charge on any atom is -0.447 e. The van der Waals surface area contributed by atoms with E-state index in [9.17, 15) is 4.79 Å². The lowest BCUT2D eigenvalue weighted by Crippen LogP contribution is -2.25. The number of anilines is 2. The molecule has 22 heavy (non-hydrogen) atoms. The summed E-state index contributed by atoms with van der Waals surface area (Å²) in [5, 5.41) is 3.28. The molecule has 1 N–H and O–H groups in total. The van der Waals surface area contributed by atoms with Crippen LogP contribution in [0.5, 0.6) is 0 Å². The summed E-state index contributed by atoms with van der Waals surface area (Å²) in [4.78, 5) is 22.0. The summed E-state index contributed by atoms with van der Waals surface area (Å²) in [5.74, 6) is 1.07. The first-order valence-corrected chi connectivity index (χ1v) is 7.25. The van der Waals surface area contributed by atoms with Gasteiger partial charge in [0.1, 0.15) is 12.4 Å². The topological polar surface area (TPSA) is 67.3 Å². The number of ether oxygens (including phenoxy) is 1. The quantitative estimate of drug-likeness (QED) is 0.940. The van der Waals surface area contributed by atoms with Gasteiger partial charge in [-0.2, -0.15) is 4.98 Å². The van der Waals surface area contributed by atoms with Crippen molar-refractivity contribution in [3.8, 4) is 0 Å². The van der Waals surface area contributed by atoms with Crippen LogP contribution in [0.3, 0.4) is 0 Å². The third-order valence-electron chi connectivity index (χ3n) is 3.52. The van der Waals surface area contributed by atoms with Gasteiger partial charge in [-0.25, -0.2) is 9.78 Å². The summed E-state index contributed by atoms with van der Waals surface area (Å²) in [6.45, 7) is 4.84. The first kappa shape index (κ1) is 14.3. The lowest BCUT2D eigenvalue weighted by molar-refractivity contribution is 0.181. The van der Waals surface area contributed by atoms with Crippen LogP contribution in [-0.4, -0.2) is 29.2 Å². The van der Waals surface area contributed by atoms with Gasteiger partial charge in [0, 0.05) is 11.8 Å². The number of hydrogen-bond donors (Lipinski definition) is 1. The molecule has 6 nitrogen and oxygen atoms in total. The number of carbonyl (C=O) groups excluding carboxylic acids is 1. The van der Waals surface area contributed by atoms with Crippen molar-refractivity contribution in [2.45, 2.75) is 19.9 Å². The van der Waals surface area contributed by atoms with Gasteiger partial charge in [-0.15, -0.1) is 0 Å². The van der Waals surface area contributed by atoms with Crippen molar-refractivity contribution in [2.24, 2.45) is 0 Å². The number of hydrogen-bond acceptors (Lipinski definition) is 5. The van der Waals surface area contributed by atoms with Crippen molar-refractivity contribution in [3.63, 3.8) is 0 Å². The highest BCUT2D eigenvalue weighted by molar-refractivity contribution is 5.88. The van der Waals surface area contributed by atoms with Crippen molar-refractivity contribution in [3.05, 3.63) is 47.7 Å². The Kier molecular flexibility index (Phi) is 3.91. The molecule has 3 rings (SSSR count). The second-order valence-electron chi connectivity index (χ2n) is 5.23. The molecule has 1 aromatic carbocycles. The lowest BCUT2D eigenvalue weighted by atomic mass is 10.1. The summed E-state index contributed by atoms with van der Waals surface area (Å²) >= 11 is 0. The number of aryl methyl sites for hydroxylation is 1. The van der Waals surface area contributed by atoms with Gasteiger partial charge in [-0.1, -0.05) is 30.3 Å². The maximum atomic E-state index is 11.7. The van der Waals surface area contributed by atoms with Crippen molar-refractivity contribution in [1.29, 1.82) is 0 Å². The molecule has 0 radical (unpaired) electrons.